The fraction of sp³-hybridized carbons (Fsp3) is 0.812. The monoisotopic (exact) mass is 343 g/mol. The van der Waals surface area contributed by atoms with E-state index in [0.29, 0.717) is 25.5 Å². The maximum Gasteiger partial charge on any atom is 0.260 e. The molecule has 2 saturated heterocycles. The normalized spacial score (nSPS) is 31.6. The Morgan fingerprint density at radius 3 is 2.74 bits per heavy atom. The fourth-order valence-electron chi connectivity index (χ4n) is 2.86. The second kappa shape index (κ2) is 7.46. The molecule has 0 radical (unpaired) electrons. The van der Waals surface area contributed by atoms with Gasteiger partial charge in [0.2, 0.25) is 6.54 Å². The Hall–Kier alpha value is -0.700. The van der Waals surface area contributed by atoms with Crippen LogP contribution in [0.5, 0.6) is 0 Å². The predicted octanol–water partition coefficient (Wildman–Crippen LogP) is 3.35. The molecule has 0 aliphatic carbocycles. The lowest BCUT2D eigenvalue weighted by molar-refractivity contribution is -0.0447. The molecule has 0 N–H and O–H groups in total. The summed E-state index contributed by atoms with van der Waals surface area (Å²) in [5, 5.41) is 0. The maximum absolute atomic E-state index is 7.89. The van der Waals surface area contributed by atoms with Crippen LogP contribution in [-0.2, 0) is 18.5 Å². The van der Waals surface area contributed by atoms with E-state index in [1.54, 1.807) is 0 Å². The Morgan fingerprint density at radius 2 is 2.22 bits per heavy atom. The molecule has 4 atom stereocenters. The van der Waals surface area contributed by atoms with Crippen LogP contribution in [0, 0.1) is 6.57 Å². The zero-order valence-corrected chi connectivity index (χ0v) is 15.2. The van der Waals surface area contributed by atoms with Crippen LogP contribution >= 0.6 is 8.53 Å². The standard InChI is InChI=1S/C16H27N2O4P/c1-11(2)18(12(3)4)23(20-9-8-17-7)22-15-14-10-19-16(15,6)13(5)21-14/h11-12,14-15H,5,8-10H2,1-4,6H3/t14-,15-,16-,23?/m0/s1/i6D. The maximum atomic E-state index is 7.89. The van der Waals surface area contributed by atoms with Crippen molar-refractivity contribution in [1.29, 1.82) is 0 Å². The first-order valence-corrected chi connectivity index (χ1v) is 9.01. The molecule has 23 heavy (non-hydrogen) atoms. The summed E-state index contributed by atoms with van der Waals surface area (Å²) in [5.74, 6) is 0.468. The van der Waals surface area contributed by atoms with Crippen LogP contribution < -0.4 is 0 Å². The SMILES string of the molecule is [2H]C[C@]12OC[C@H](OC1=C)[C@@H]2OP(OCC[N+]#[C-])N(C(C)C)C(C)C. The van der Waals surface area contributed by atoms with Gasteiger partial charge in [-0.3, -0.25) is 0 Å². The molecule has 0 amide bonds. The van der Waals surface area contributed by atoms with E-state index in [2.05, 4.69) is 43.8 Å². The molecule has 0 aromatic carbocycles. The van der Waals surface area contributed by atoms with E-state index in [1.807, 2.05) is 0 Å². The first-order chi connectivity index (χ1) is 11.4. The van der Waals surface area contributed by atoms with Gasteiger partial charge in [-0.25, -0.2) is 11.2 Å². The molecule has 2 rings (SSSR count). The lowest BCUT2D eigenvalue weighted by Crippen LogP contribution is -2.40. The van der Waals surface area contributed by atoms with Crippen molar-refractivity contribution in [3.63, 3.8) is 0 Å². The van der Waals surface area contributed by atoms with Crippen molar-refractivity contribution in [2.45, 2.75) is 64.5 Å². The van der Waals surface area contributed by atoms with E-state index in [1.165, 1.54) is 0 Å². The van der Waals surface area contributed by atoms with Crippen molar-refractivity contribution >= 4 is 8.53 Å². The summed E-state index contributed by atoms with van der Waals surface area (Å²) in [5.41, 5.74) is -0.909. The van der Waals surface area contributed by atoms with Gasteiger partial charge in [-0.15, -0.1) is 0 Å². The van der Waals surface area contributed by atoms with Crippen LogP contribution in [-0.4, -0.2) is 54.3 Å². The van der Waals surface area contributed by atoms with Crippen molar-refractivity contribution in [1.82, 2.24) is 4.67 Å². The highest BCUT2D eigenvalue weighted by Gasteiger charge is 2.59. The highest BCUT2D eigenvalue weighted by Crippen LogP contribution is 2.54. The third-order valence-corrected chi connectivity index (χ3v) is 6.04. The Labute approximate surface area is 141 Å². The largest absolute Gasteiger partial charge is 0.487 e. The van der Waals surface area contributed by atoms with Crippen LogP contribution in [0.25, 0.3) is 4.85 Å². The van der Waals surface area contributed by atoms with E-state index in [4.69, 9.17) is 26.5 Å². The molecule has 0 aromatic rings. The van der Waals surface area contributed by atoms with Gasteiger partial charge in [0.15, 0.2) is 11.7 Å². The summed E-state index contributed by atoms with van der Waals surface area (Å²) < 4.78 is 33.8. The second-order valence-corrected chi connectivity index (χ2v) is 7.73. The molecular formula is C16H27N2O4P. The minimum Gasteiger partial charge on any atom is -0.487 e. The molecule has 2 bridgehead atoms. The molecule has 2 heterocycles. The van der Waals surface area contributed by atoms with Gasteiger partial charge >= 0.3 is 0 Å². The second-order valence-electron chi connectivity index (χ2n) is 6.33. The van der Waals surface area contributed by atoms with E-state index in [-0.39, 0.29) is 25.1 Å². The first-order valence-electron chi connectivity index (χ1n) is 8.58. The zero-order chi connectivity index (χ0) is 17.9. The summed E-state index contributed by atoms with van der Waals surface area (Å²) in [6.45, 7) is 20.2. The number of rotatable bonds is 8. The molecule has 0 spiro atoms. The number of hydrogen-bond donors (Lipinski definition) is 0. The van der Waals surface area contributed by atoms with Crippen LogP contribution in [0.2, 0.25) is 0 Å². The molecule has 130 valence electrons. The van der Waals surface area contributed by atoms with Gasteiger partial charge in [0.25, 0.3) is 8.53 Å². The fourth-order valence-corrected chi connectivity index (χ4v) is 4.65. The number of ether oxygens (including phenoxy) is 2. The number of nitrogens with zero attached hydrogens (tertiary/aromatic N) is 2. The van der Waals surface area contributed by atoms with E-state index in [0.717, 1.165) is 0 Å². The van der Waals surface area contributed by atoms with Crippen LogP contribution in [0.15, 0.2) is 12.3 Å². The minimum atomic E-state index is -1.39. The third-order valence-electron chi connectivity index (χ3n) is 3.92. The molecule has 7 heteroatoms. The zero-order valence-electron chi connectivity index (χ0n) is 15.3. The molecule has 2 aliphatic rings. The van der Waals surface area contributed by atoms with Crippen molar-refractivity contribution in [3.05, 3.63) is 23.8 Å². The first kappa shape index (κ1) is 17.1. The minimum absolute atomic E-state index is 0.00157. The average Bonchev–Trinajstić information content (AvgIpc) is 2.98. The molecular weight excluding hydrogens is 315 g/mol. The van der Waals surface area contributed by atoms with Crippen molar-refractivity contribution in [2.75, 3.05) is 19.8 Å². The smallest absolute Gasteiger partial charge is 0.260 e. The highest BCUT2D eigenvalue weighted by molar-refractivity contribution is 7.44. The quantitative estimate of drug-likeness (QED) is 0.384. The van der Waals surface area contributed by atoms with Gasteiger partial charge in [0, 0.05) is 13.5 Å². The van der Waals surface area contributed by atoms with E-state index >= 15 is 0 Å². The average molecular weight is 343 g/mol. The predicted molar refractivity (Wildman–Crippen MR) is 89.7 cm³/mol. The molecule has 1 unspecified atom stereocenters. The van der Waals surface area contributed by atoms with Gasteiger partial charge in [0.05, 0.1) is 6.61 Å². The Bertz CT molecular complexity index is 491. The van der Waals surface area contributed by atoms with Crippen LogP contribution in [0.4, 0.5) is 0 Å². The van der Waals surface area contributed by atoms with Crippen LogP contribution in [0.1, 0.15) is 36.0 Å². The lowest BCUT2D eigenvalue weighted by atomic mass is 10.0. The highest BCUT2D eigenvalue weighted by atomic mass is 31.2. The topological polar surface area (TPSA) is 44.5 Å². The molecule has 0 saturated carbocycles. The van der Waals surface area contributed by atoms with Crippen molar-refractivity contribution in [2.24, 2.45) is 0 Å². The summed E-state index contributed by atoms with van der Waals surface area (Å²) in [6, 6.07) is 0.445. The molecule has 0 aromatic heterocycles. The third kappa shape index (κ3) is 3.70. The number of fused-ring (bicyclic) bond motifs is 2. The van der Waals surface area contributed by atoms with Crippen molar-refractivity contribution < 1.29 is 19.9 Å². The Balaban J connectivity index is 2.18. The van der Waals surface area contributed by atoms with Gasteiger partial charge in [-0.2, -0.15) is 0 Å². The molecule has 2 fully saturated rings. The lowest BCUT2D eigenvalue weighted by Gasteiger charge is -2.37. The van der Waals surface area contributed by atoms with Gasteiger partial charge in [-0.05, 0) is 34.6 Å². The summed E-state index contributed by atoms with van der Waals surface area (Å²) >= 11 is 0. The van der Waals surface area contributed by atoms with Gasteiger partial charge in [0.1, 0.15) is 18.5 Å². The Kier molecular flexibility index (Phi) is 5.56. The van der Waals surface area contributed by atoms with E-state index in [9.17, 15) is 0 Å². The van der Waals surface area contributed by atoms with Gasteiger partial charge in [-0.1, -0.05) is 6.58 Å². The summed E-state index contributed by atoms with van der Waals surface area (Å²) in [4.78, 5) is 3.34. The molecule has 6 nitrogen and oxygen atoms in total. The van der Waals surface area contributed by atoms with Crippen molar-refractivity contribution in [3.8, 4) is 0 Å². The van der Waals surface area contributed by atoms with Crippen LogP contribution in [0.3, 0.4) is 0 Å². The van der Waals surface area contributed by atoms with E-state index < -0.39 is 20.2 Å². The molecule has 2 aliphatic heterocycles. The van der Waals surface area contributed by atoms with Gasteiger partial charge < -0.3 is 23.4 Å². The summed E-state index contributed by atoms with van der Waals surface area (Å²) in [7, 11) is -1.39. The Morgan fingerprint density at radius 1 is 1.52 bits per heavy atom. The number of hydrogen-bond acceptors (Lipinski definition) is 5. The summed E-state index contributed by atoms with van der Waals surface area (Å²) in [6.07, 6.45) is -0.653.